The molecule has 0 radical (unpaired) electrons. The predicted molar refractivity (Wildman–Crippen MR) is 124 cm³/mol. The summed E-state index contributed by atoms with van der Waals surface area (Å²) >= 11 is 0. The average Bonchev–Trinajstić information content (AvgIpc) is 2.77. The number of pyridine rings is 1. The van der Waals surface area contributed by atoms with E-state index in [0.29, 0.717) is 50.3 Å². The fourth-order valence-corrected chi connectivity index (χ4v) is 5.72. The standard InChI is InChI=1S/C22H28F3N5O4S/c1-15-11-16(27-35(32,33)28-20(31)14-29-7-9-34-10-8-29)13-30(12-15)19-5-4-18(22(23,24)25)21-17(19)3-2-6-26-21/h2-6,15-16,27H,7-14H2,1H3,(H,28,31)/t15-,16+/m0/s1. The molecule has 13 heteroatoms. The second-order valence-electron chi connectivity index (χ2n) is 9.01. The summed E-state index contributed by atoms with van der Waals surface area (Å²) < 4.78 is 75.5. The van der Waals surface area contributed by atoms with Gasteiger partial charge in [0.2, 0.25) is 5.91 Å². The number of piperidine rings is 1. The number of nitrogens with zero attached hydrogens (tertiary/aromatic N) is 3. The lowest BCUT2D eigenvalue weighted by Gasteiger charge is -2.38. The molecule has 2 aromatic rings. The van der Waals surface area contributed by atoms with Crippen molar-refractivity contribution in [1.82, 2.24) is 19.3 Å². The number of carbonyl (C=O) groups excluding carboxylic acids is 1. The number of benzene rings is 1. The van der Waals surface area contributed by atoms with Crippen molar-refractivity contribution in [2.24, 2.45) is 5.92 Å². The molecule has 192 valence electrons. The van der Waals surface area contributed by atoms with Crippen LogP contribution in [0, 0.1) is 5.92 Å². The first kappa shape index (κ1) is 25.6. The molecule has 0 saturated carbocycles. The first-order valence-corrected chi connectivity index (χ1v) is 12.8. The van der Waals surface area contributed by atoms with Gasteiger partial charge in [0.25, 0.3) is 0 Å². The molecule has 2 N–H and O–H groups in total. The van der Waals surface area contributed by atoms with Crippen molar-refractivity contribution in [1.29, 1.82) is 0 Å². The summed E-state index contributed by atoms with van der Waals surface area (Å²) in [7, 11) is -4.12. The number of morpholine rings is 1. The number of amides is 1. The molecule has 9 nitrogen and oxygen atoms in total. The minimum absolute atomic E-state index is 0.0505. The molecule has 1 aromatic heterocycles. The Labute approximate surface area is 201 Å². The van der Waals surface area contributed by atoms with Crippen molar-refractivity contribution in [2.75, 3.05) is 50.8 Å². The van der Waals surface area contributed by atoms with Crippen LogP contribution in [0.5, 0.6) is 0 Å². The molecule has 2 atom stereocenters. The molecule has 4 rings (SSSR count). The number of aromatic nitrogens is 1. The molecular formula is C22H28F3N5O4S. The first-order valence-electron chi connectivity index (χ1n) is 11.3. The maximum absolute atomic E-state index is 13.5. The lowest BCUT2D eigenvalue weighted by molar-refractivity contribution is -0.136. The van der Waals surface area contributed by atoms with Crippen LogP contribution in [0.25, 0.3) is 10.9 Å². The van der Waals surface area contributed by atoms with Crippen molar-refractivity contribution in [3.63, 3.8) is 0 Å². The Bertz CT molecular complexity index is 1170. The van der Waals surface area contributed by atoms with Gasteiger partial charge in [0.05, 0.1) is 30.8 Å². The van der Waals surface area contributed by atoms with Gasteiger partial charge < -0.3 is 9.64 Å². The minimum atomic E-state index is -4.54. The van der Waals surface area contributed by atoms with Gasteiger partial charge in [0.1, 0.15) is 0 Å². The molecule has 2 fully saturated rings. The SMILES string of the molecule is C[C@H]1C[C@@H](NS(=O)(=O)NC(=O)CN2CCOCC2)CN(c2ccc(C(F)(F)F)c3ncccc23)C1. The largest absolute Gasteiger partial charge is 0.418 e. The van der Waals surface area contributed by atoms with Crippen molar-refractivity contribution < 1.29 is 31.1 Å². The van der Waals surface area contributed by atoms with Gasteiger partial charge in [-0.3, -0.25) is 14.7 Å². The Hall–Kier alpha value is -2.48. The predicted octanol–water partition coefficient (Wildman–Crippen LogP) is 1.75. The summed E-state index contributed by atoms with van der Waals surface area (Å²) in [4.78, 5) is 19.9. The summed E-state index contributed by atoms with van der Waals surface area (Å²) in [5.74, 6) is -0.588. The molecular weight excluding hydrogens is 487 g/mol. The van der Waals surface area contributed by atoms with Crippen LogP contribution in [0.2, 0.25) is 0 Å². The lowest BCUT2D eigenvalue weighted by atomic mass is 9.95. The zero-order valence-corrected chi connectivity index (χ0v) is 20.0. The van der Waals surface area contributed by atoms with Crippen LogP contribution < -0.4 is 14.3 Å². The monoisotopic (exact) mass is 515 g/mol. The Morgan fingerprint density at radius 3 is 2.66 bits per heavy atom. The van der Waals surface area contributed by atoms with Crippen LogP contribution in [-0.4, -0.2) is 76.2 Å². The molecule has 1 amide bonds. The van der Waals surface area contributed by atoms with E-state index in [4.69, 9.17) is 4.74 Å². The molecule has 2 aliphatic rings. The van der Waals surface area contributed by atoms with Gasteiger partial charge in [0.15, 0.2) is 0 Å². The van der Waals surface area contributed by atoms with Crippen LogP contribution in [0.3, 0.4) is 0 Å². The topological polar surface area (TPSA) is 104 Å². The van der Waals surface area contributed by atoms with Crippen molar-refractivity contribution in [3.05, 3.63) is 36.0 Å². The third-order valence-electron chi connectivity index (χ3n) is 6.09. The number of carbonyl (C=O) groups is 1. The van der Waals surface area contributed by atoms with E-state index in [9.17, 15) is 26.4 Å². The number of nitrogens with one attached hydrogen (secondary N) is 2. The molecule has 3 heterocycles. The van der Waals surface area contributed by atoms with Crippen LogP contribution >= 0.6 is 0 Å². The highest BCUT2D eigenvalue weighted by Crippen LogP contribution is 2.38. The summed E-state index contributed by atoms with van der Waals surface area (Å²) in [6.07, 6.45) is -2.71. The number of ether oxygens (including phenoxy) is 1. The van der Waals surface area contributed by atoms with Crippen molar-refractivity contribution in [2.45, 2.75) is 25.6 Å². The van der Waals surface area contributed by atoms with E-state index in [1.165, 1.54) is 12.3 Å². The molecule has 0 bridgehead atoms. The van der Waals surface area contributed by atoms with E-state index >= 15 is 0 Å². The summed E-state index contributed by atoms with van der Waals surface area (Å²) in [6, 6.07) is 5.03. The third-order valence-corrected chi connectivity index (χ3v) is 7.23. The Balaban J connectivity index is 1.48. The van der Waals surface area contributed by atoms with Crippen LogP contribution in [0.4, 0.5) is 18.9 Å². The van der Waals surface area contributed by atoms with E-state index in [1.54, 1.807) is 12.1 Å². The zero-order chi connectivity index (χ0) is 25.2. The zero-order valence-electron chi connectivity index (χ0n) is 19.2. The van der Waals surface area contributed by atoms with E-state index in [-0.39, 0.29) is 24.5 Å². The average molecular weight is 516 g/mol. The molecule has 0 aliphatic carbocycles. The van der Waals surface area contributed by atoms with Gasteiger partial charge in [-0.25, -0.2) is 4.72 Å². The first-order chi connectivity index (χ1) is 16.5. The van der Waals surface area contributed by atoms with Gasteiger partial charge in [-0.05, 0) is 36.6 Å². The highest BCUT2D eigenvalue weighted by atomic mass is 32.2. The smallest absolute Gasteiger partial charge is 0.379 e. The fraction of sp³-hybridized carbons (Fsp3) is 0.545. The second kappa shape index (κ2) is 10.2. The highest BCUT2D eigenvalue weighted by molar-refractivity contribution is 7.88. The second-order valence-corrected chi connectivity index (χ2v) is 10.5. The number of halogens is 3. The third kappa shape index (κ3) is 6.40. The minimum Gasteiger partial charge on any atom is -0.379 e. The number of hydrogen-bond acceptors (Lipinski definition) is 7. The number of anilines is 1. The van der Waals surface area contributed by atoms with Crippen LogP contribution in [0.15, 0.2) is 30.5 Å². The number of fused-ring (bicyclic) bond motifs is 1. The van der Waals surface area contributed by atoms with E-state index in [0.717, 1.165) is 6.07 Å². The fourth-order valence-electron chi connectivity index (χ4n) is 4.69. The van der Waals surface area contributed by atoms with Crippen molar-refractivity contribution in [3.8, 4) is 0 Å². The summed E-state index contributed by atoms with van der Waals surface area (Å²) in [6.45, 7) is 4.73. The summed E-state index contributed by atoms with van der Waals surface area (Å²) in [5, 5.41) is 0.344. The van der Waals surface area contributed by atoms with Crippen molar-refractivity contribution >= 4 is 32.7 Å². The number of hydrogen-bond donors (Lipinski definition) is 2. The molecule has 2 aliphatic heterocycles. The van der Waals surface area contributed by atoms with Gasteiger partial charge in [-0.1, -0.05) is 6.92 Å². The maximum Gasteiger partial charge on any atom is 0.418 e. The van der Waals surface area contributed by atoms with Crippen LogP contribution in [0.1, 0.15) is 18.9 Å². The maximum atomic E-state index is 13.5. The Kier molecular flexibility index (Phi) is 7.50. The molecule has 0 spiro atoms. The van der Waals surface area contributed by atoms with Gasteiger partial charge in [-0.2, -0.15) is 26.3 Å². The number of alkyl halides is 3. The highest BCUT2D eigenvalue weighted by Gasteiger charge is 2.35. The van der Waals surface area contributed by atoms with Gasteiger partial charge in [0, 0.05) is 49.5 Å². The Morgan fingerprint density at radius 1 is 1.20 bits per heavy atom. The Morgan fingerprint density at radius 2 is 1.94 bits per heavy atom. The molecule has 35 heavy (non-hydrogen) atoms. The molecule has 0 unspecified atom stereocenters. The molecule has 2 saturated heterocycles. The van der Waals surface area contributed by atoms with E-state index < -0.39 is 33.9 Å². The van der Waals surface area contributed by atoms with Crippen LogP contribution in [-0.2, 0) is 25.9 Å². The van der Waals surface area contributed by atoms with E-state index in [1.807, 2.05) is 16.7 Å². The molecule has 1 aromatic carbocycles. The van der Waals surface area contributed by atoms with Gasteiger partial charge >= 0.3 is 16.4 Å². The normalized spacial score (nSPS) is 22.3. The lowest BCUT2D eigenvalue weighted by Crippen LogP contribution is -2.54. The quantitative estimate of drug-likeness (QED) is 0.604. The summed E-state index contributed by atoms with van der Waals surface area (Å²) in [5.41, 5.74) is -0.418. The van der Waals surface area contributed by atoms with E-state index in [2.05, 4.69) is 14.4 Å². The number of rotatable bonds is 6. The van der Waals surface area contributed by atoms with Gasteiger partial charge in [-0.15, -0.1) is 0 Å².